The normalized spacial score (nSPS) is 11.9. The van der Waals surface area contributed by atoms with E-state index in [0.717, 1.165) is 21.5 Å². The van der Waals surface area contributed by atoms with Crippen molar-refractivity contribution in [2.45, 2.75) is 33.7 Å². The molecule has 0 aliphatic rings. The highest BCUT2D eigenvalue weighted by molar-refractivity contribution is 9.10. The van der Waals surface area contributed by atoms with Crippen LogP contribution in [-0.2, 0) is 9.53 Å². The Morgan fingerprint density at radius 3 is 2.58 bits per heavy atom. The van der Waals surface area contributed by atoms with Gasteiger partial charge in [0.05, 0.1) is 27.2 Å². The molecule has 0 saturated heterocycles. The first-order valence-electron chi connectivity index (χ1n) is 7.79. The maximum atomic E-state index is 12.6. The van der Waals surface area contributed by atoms with E-state index in [1.54, 1.807) is 27.0 Å². The summed E-state index contributed by atoms with van der Waals surface area (Å²) in [7, 11) is 0. The molecule has 10 heteroatoms. The third-order valence-corrected chi connectivity index (χ3v) is 5.72. The number of ether oxygens (including phenoxy) is 1. The van der Waals surface area contributed by atoms with Gasteiger partial charge >= 0.3 is 5.97 Å². The summed E-state index contributed by atoms with van der Waals surface area (Å²) in [4.78, 5) is 36.7. The van der Waals surface area contributed by atoms with Crippen molar-refractivity contribution in [3.05, 3.63) is 32.4 Å². The molecule has 3 N–H and O–H groups in total. The van der Waals surface area contributed by atoms with Crippen LogP contribution in [0.4, 0.5) is 5.00 Å². The van der Waals surface area contributed by atoms with Crippen LogP contribution in [0.2, 0.25) is 0 Å². The molecule has 2 aromatic heterocycles. The smallest absolute Gasteiger partial charge is 0.341 e. The van der Waals surface area contributed by atoms with Gasteiger partial charge < -0.3 is 15.8 Å². The number of thiophene rings is 1. The van der Waals surface area contributed by atoms with E-state index in [1.807, 2.05) is 6.92 Å². The summed E-state index contributed by atoms with van der Waals surface area (Å²) in [6.07, 6.45) is 1.69. The largest absolute Gasteiger partial charge is 0.462 e. The number of primary amides is 1. The number of aryl methyl sites for hydroxylation is 1. The minimum atomic E-state index is -0.668. The van der Waals surface area contributed by atoms with Gasteiger partial charge in [-0.3, -0.25) is 14.3 Å². The lowest BCUT2D eigenvalue weighted by Crippen LogP contribution is -2.24. The highest BCUT2D eigenvalue weighted by Gasteiger charge is 2.27. The van der Waals surface area contributed by atoms with Crippen LogP contribution >= 0.6 is 27.3 Å². The molecule has 0 saturated carbocycles. The Labute approximate surface area is 162 Å². The molecule has 0 aliphatic heterocycles. The van der Waals surface area contributed by atoms with Crippen LogP contribution in [-0.4, -0.2) is 34.2 Å². The van der Waals surface area contributed by atoms with E-state index in [4.69, 9.17) is 10.5 Å². The predicted molar refractivity (Wildman–Crippen MR) is 102 cm³/mol. The Balaban J connectivity index is 2.35. The Bertz CT molecular complexity index is 854. The number of rotatable bonds is 6. The van der Waals surface area contributed by atoms with Crippen LogP contribution in [0.3, 0.4) is 0 Å². The number of aromatic nitrogens is 2. The number of hydrogen-bond acceptors (Lipinski definition) is 6. The summed E-state index contributed by atoms with van der Waals surface area (Å²) in [6.45, 7) is 6.92. The molecule has 140 valence electrons. The van der Waals surface area contributed by atoms with Gasteiger partial charge in [0.15, 0.2) is 0 Å². The van der Waals surface area contributed by atoms with E-state index < -0.39 is 17.9 Å². The van der Waals surface area contributed by atoms with Gasteiger partial charge in [-0.15, -0.1) is 11.3 Å². The Morgan fingerprint density at radius 2 is 2.08 bits per heavy atom. The molecular formula is C16H19BrN4O4S. The van der Waals surface area contributed by atoms with Gasteiger partial charge in [-0.1, -0.05) is 0 Å². The molecule has 0 aromatic carbocycles. The number of nitrogens with two attached hydrogens (primary N) is 1. The molecule has 1 atom stereocenters. The lowest BCUT2D eigenvalue weighted by molar-refractivity contribution is -0.119. The average molecular weight is 443 g/mol. The van der Waals surface area contributed by atoms with Gasteiger partial charge in [-0.2, -0.15) is 5.10 Å². The van der Waals surface area contributed by atoms with Crippen molar-refractivity contribution in [1.29, 1.82) is 0 Å². The molecule has 2 heterocycles. The summed E-state index contributed by atoms with van der Waals surface area (Å²) in [6, 6.07) is -0.630. The monoisotopic (exact) mass is 442 g/mol. The fourth-order valence-electron chi connectivity index (χ4n) is 2.28. The van der Waals surface area contributed by atoms with Crippen LogP contribution < -0.4 is 11.1 Å². The van der Waals surface area contributed by atoms with Gasteiger partial charge in [0.1, 0.15) is 11.0 Å². The molecular weight excluding hydrogens is 424 g/mol. The third kappa shape index (κ3) is 3.96. The number of esters is 1. The SMILES string of the molecule is CCOC(=O)c1c(NC(=O)C(C)n2cc(Br)c(C)n2)sc(C(N)=O)c1C. The number of nitrogens with zero attached hydrogens (tertiary/aromatic N) is 2. The van der Waals surface area contributed by atoms with Crippen molar-refractivity contribution in [3.8, 4) is 0 Å². The Morgan fingerprint density at radius 1 is 1.42 bits per heavy atom. The molecule has 2 amide bonds. The van der Waals surface area contributed by atoms with Crippen molar-refractivity contribution < 1.29 is 19.1 Å². The summed E-state index contributed by atoms with van der Waals surface area (Å²) in [5.74, 6) is -1.67. The van der Waals surface area contributed by atoms with Crippen molar-refractivity contribution in [2.75, 3.05) is 11.9 Å². The summed E-state index contributed by atoms with van der Waals surface area (Å²) in [5.41, 5.74) is 6.64. The minimum absolute atomic E-state index is 0.143. The van der Waals surface area contributed by atoms with E-state index in [1.165, 1.54) is 4.68 Å². The quantitative estimate of drug-likeness (QED) is 0.666. The molecule has 0 fully saturated rings. The van der Waals surface area contributed by atoms with Crippen LogP contribution in [0.5, 0.6) is 0 Å². The molecule has 0 spiro atoms. The summed E-state index contributed by atoms with van der Waals surface area (Å²) in [5, 5.41) is 7.18. The number of halogens is 1. The van der Waals surface area contributed by atoms with Crippen LogP contribution in [0.25, 0.3) is 0 Å². The first-order valence-corrected chi connectivity index (χ1v) is 9.40. The van der Waals surface area contributed by atoms with Crippen LogP contribution in [0.1, 0.15) is 51.2 Å². The highest BCUT2D eigenvalue weighted by Crippen LogP contribution is 2.34. The van der Waals surface area contributed by atoms with Gasteiger partial charge in [0.25, 0.3) is 5.91 Å². The molecule has 0 aliphatic carbocycles. The second-order valence-corrected chi connectivity index (χ2v) is 7.43. The number of carbonyl (C=O) groups is 3. The number of carbonyl (C=O) groups excluding carboxylic acids is 3. The zero-order valence-corrected chi connectivity index (χ0v) is 17.2. The van der Waals surface area contributed by atoms with Gasteiger partial charge in [-0.25, -0.2) is 4.79 Å². The Hall–Kier alpha value is -2.20. The van der Waals surface area contributed by atoms with E-state index in [2.05, 4.69) is 26.3 Å². The zero-order chi connectivity index (χ0) is 19.6. The number of nitrogens with one attached hydrogen (secondary N) is 1. The molecule has 2 aromatic rings. The highest BCUT2D eigenvalue weighted by atomic mass is 79.9. The summed E-state index contributed by atoms with van der Waals surface area (Å²) < 4.78 is 7.32. The van der Waals surface area contributed by atoms with Crippen molar-refractivity contribution >= 4 is 50.1 Å². The molecule has 2 rings (SSSR count). The van der Waals surface area contributed by atoms with Crippen molar-refractivity contribution in [2.24, 2.45) is 5.73 Å². The molecule has 1 unspecified atom stereocenters. The lowest BCUT2D eigenvalue weighted by Gasteiger charge is -2.13. The number of hydrogen-bond donors (Lipinski definition) is 2. The standard InChI is InChI=1S/C16H19BrN4O4S/c1-5-25-16(24)11-7(2)12(13(18)22)26-15(11)19-14(23)9(4)21-6-10(17)8(3)20-21/h6,9H,5H2,1-4H3,(H2,18,22)(H,19,23). The van der Waals surface area contributed by atoms with Gasteiger partial charge in [0, 0.05) is 6.20 Å². The van der Waals surface area contributed by atoms with E-state index in [0.29, 0.717) is 5.56 Å². The first kappa shape index (κ1) is 20.1. The fourth-order valence-corrected chi connectivity index (χ4v) is 3.62. The van der Waals surface area contributed by atoms with Gasteiger partial charge in [0.2, 0.25) is 5.91 Å². The molecule has 26 heavy (non-hydrogen) atoms. The second-order valence-electron chi connectivity index (χ2n) is 5.55. The van der Waals surface area contributed by atoms with E-state index in [-0.39, 0.29) is 28.0 Å². The third-order valence-electron chi connectivity index (χ3n) is 3.72. The molecule has 8 nitrogen and oxygen atoms in total. The lowest BCUT2D eigenvalue weighted by atomic mass is 10.1. The maximum Gasteiger partial charge on any atom is 0.341 e. The van der Waals surface area contributed by atoms with Crippen molar-refractivity contribution in [3.63, 3.8) is 0 Å². The minimum Gasteiger partial charge on any atom is -0.462 e. The summed E-state index contributed by atoms with van der Waals surface area (Å²) >= 11 is 4.30. The second kappa shape index (κ2) is 8.00. The maximum absolute atomic E-state index is 12.6. The topological polar surface area (TPSA) is 116 Å². The fraction of sp³-hybridized carbons (Fsp3) is 0.375. The predicted octanol–water partition coefficient (Wildman–Crippen LogP) is 2.80. The van der Waals surface area contributed by atoms with Crippen molar-refractivity contribution in [1.82, 2.24) is 9.78 Å². The van der Waals surface area contributed by atoms with Gasteiger partial charge in [-0.05, 0) is 49.2 Å². The molecule has 0 radical (unpaired) electrons. The van der Waals surface area contributed by atoms with Crippen LogP contribution in [0, 0.1) is 13.8 Å². The number of amides is 2. The Kier molecular flexibility index (Phi) is 6.19. The van der Waals surface area contributed by atoms with E-state index >= 15 is 0 Å². The average Bonchev–Trinajstić information content (AvgIpc) is 3.07. The number of anilines is 1. The van der Waals surface area contributed by atoms with Crippen LogP contribution in [0.15, 0.2) is 10.7 Å². The first-order chi connectivity index (χ1) is 12.2. The zero-order valence-electron chi connectivity index (χ0n) is 14.8. The van der Waals surface area contributed by atoms with E-state index in [9.17, 15) is 14.4 Å². The molecule has 0 bridgehead atoms.